The Balaban J connectivity index is 2.24. The van der Waals surface area contributed by atoms with E-state index < -0.39 is 0 Å². The van der Waals surface area contributed by atoms with Crippen molar-refractivity contribution >= 4 is 5.91 Å². The van der Waals surface area contributed by atoms with Gasteiger partial charge in [0.2, 0.25) is 0 Å². The highest BCUT2D eigenvalue weighted by Crippen LogP contribution is 2.15. The summed E-state index contributed by atoms with van der Waals surface area (Å²) in [5.74, 6) is 0.829. The quantitative estimate of drug-likeness (QED) is 0.722. The molecule has 2 heterocycles. The molecule has 0 unspecified atom stereocenters. The number of rotatable bonds is 9. The first-order valence-electron chi connectivity index (χ1n) is 9.49. The van der Waals surface area contributed by atoms with E-state index in [-0.39, 0.29) is 11.5 Å². The molecule has 2 aromatic heterocycles. The van der Waals surface area contributed by atoms with E-state index in [1.54, 1.807) is 16.9 Å². The number of H-pyrrole nitrogens is 1. The zero-order valence-electron chi connectivity index (χ0n) is 16.9. The Hall–Kier alpha value is -2.48. The highest BCUT2D eigenvalue weighted by atomic mass is 16.2. The summed E-state index contributed by atoms with van der Waals surface area (Å²) in [6, 6.07) is 2.97. The lowest BCUT2D eigenvalue weighted by atomic mass is 10.1. The van der Waals surface area contributed by atoms with Crippen LogP contribution in [0.5, 0.6) is 0 Å². The van der Waals surface area contributed by atoms with Gasteiger partial charge < -0.3 is 9.80 Å². The minimum Gasteiger partial charge on any atom is -0.337 e. The SMILES string of the molecule is CCN(CC)CCN(CC(C)C)C(=O)c1cnn(-c2ccc(=O)[nH]n2)c1C. The van der Waals surface area contributed by atoms with Crippen LogP contribution in [0.25, 0.3) is 5.82 Å². The molecule has 0 aromatic carbocycles. The molecule has 0 bridgehead atoms. The average Bonchev–Trinajstić information content (AvgIpc) is 3.02. The van der Waals surface area contributed by atoms with Crippen LogP contribution in [0.4, 0.5) is 0 Å². The maximum atomic E-state index is 13.2. The van der Waals surface area contributed by atoms with E-state index in [1.165, 1.54) is 6.07 Å². The minimum absolute atomic E-state index is 0.0240. The van der Waals surface area contributed by atoms with Crippen LogP contribution in [-0.2, 0) is 0 Å². The van der Waals surface area contributed by atoms with E-state index >= 15 is 0 Å². The molecule has 0 saturated carbocycles. The Bertz CT molecular complexity index is 786. The molecule has 1 N–H and O–H groups in total. The maximum absolute atomic E-state index is 13.2. The summed E-state index contributed by atoms with van der Waals surface area (Å²) in [5, 5.41) is 10.7. The number of hydrogen-bond donors (Lipinski definition) is 1. The molecule has 0 aliphatic rings. The summed E-state index contributed by atoms with van der Waals surface area (Å²) < 4.78 is 1.57. The first-order chi connectivity index (χ1) is 12.9. The van der Waals surface area contributed by atoms with Crippen LogP contribution in [0.1, 0.15) is 43.7 Å². The zero-order chi connectivity index (χ0) is 20.0. The van der Waals surface area contributed by atoms with Crippen molar-refractivity contribution in [1.82, 2.24) is 29.8 Å². The number of amides is 1. The predicted molar refractivity (Wildman–Crippen MR) is 105 cm³/mol. The maximum Gasteiger partial charge on any atom is 0.264 e. The molecule has 0 atom stereocenters. The molecule has 0 radical (unpaired) electrons. The standard InChI is InChI=1S/C19H30N6O2/c1-6-23(7-2)10-11-24(13-14(3)4)19(27)16-12-20-25(15(16)5)17-8-9-18(26)22-21-17/h8-9,12,14H,6-7,10-11,13H2,1-5H3,(H,22,26). The largest absolute Gasteiger partial charge is 0.337 e. The number of carbonyl (C=O) groups excluding carboxylic acids is 1. The minimum atomic E-state index is -0.278. The summed E-state index contributed by atoms with van der Waals surface area (Å²) >= 11 is 0. The first kappa shape index (κ1) is 20.8. The van der Waals surface area contributed by atoms with E-state index in [0.717, 1.165) is 19.6 Å². The van der Waals surface area contributed by atoms with Crippen molar-refractivity contribution in [3.63, 3.8) is 0 Å². The topological polar surface area (TPSA) is 87.1 Å². The summed E-state index contributed by atoms with van der Waals surface area (Å²) in [4.78, 5) is 28.6. The molecule has 148 valence electrons. The van der Waals surface area contributed by atoms with Gasteiger partial charge >= 0.3 is 0 Å². The fourth-order valence-electron chi connectivity index (χ4n) is 2.99. The molecular weight excluding hydrogens is 344 g/mol. The van der Waals surface area contributed by atoms with Crippen molar-refractivity contribution in [2.75, 3.05) is 32.7 Å². The monoisotopic (exact) mass is 374 g/mol. The van der Waals surface area contributed by atoms with Crippen LogP contribution in [0.2, 0.25) is 0 Å². The number of aromatic nitrogens is 4. The Morgan fingerprint density at radius 2 is 1.93 bits per heavy atom. The third-order valence-corrected chi connectivity index (χ3v) is 4.57. The van der Waals surface area contributed by atoms with Crippen molar-refractivity contribution < 1.29 is 4.79 Å². The van der Waals surface area contributed by atoms with Crippen molar-refractivity contribution in [1.29, 1.82) is 0 Å². The number of aromatic amines is 1. The van der Waals surface area contributed by atoms with Gasteiger partial charge in [0.05, 0.1) is 17.5 Å². The van der Waals surface area contributed by atoms with Gasteiger partial charge in [-0.2, -0.15) is 10.2 Å². The molecule has 27 heavy (non-hydrogen) atoms. The molecule has 0 aliphatic heterocycles. The van der Waals surface area contributed by atoms with Crippen LogP contribution in [0.3, 0.4) is 0 Å². The number of hydrogen-bond acceptors (Lipinski definition) is 5. The second-order valence-electron chi connectivity index (χ2n) is 7.01. The number of carbonyl (C=O) groups is 1. The van der Waals surface area contributed by atoms with Crippen LogP contribution in [-0.4, -0.2) is 68.4 Å². The van der Waals surface area contributed by atoms with E-state index in [2.05, 4.69) is 47.9 Å². The van der Waals surface area contributed by atoms with Gasteiger partial charge in [-0.25, -0.2) is 9.78 Å². The summed E-state index contributed by atoms with van der Waals surface area (Å²) in [7, 11) is 0. The Kier molecular flexibility index (Phi) is 7.29. The highest BCUT2D eigenvalue weighted by molar-refractivity contribution is 5.95. The third kappa shape index (κ3) is 5.26. The lowest BCUT2D eigenvalue weighted by Gasteiger charge is -2.27. The van der Waals surface area contributed by atoms with Crippen molar-refractivity contribution in [2.24, 2.45) is 5.92 Å². The number of nitrogens with one attached hydrogen (secondary N) is 1. The Morgan fingerprint density at radius 1 is 1.22 bits per heavy atom. The molecule has 0 aliphatic carbocycles. The highest BCUT2D eigenvalue weighted by Gasteiger charge is 2.22. The summed E-state index contributed by atoms with van der Waals surface area (Å²) in [6.45, 7) is 14.5. The van der Waals surface area contributed by atoms with Crippen molar-refractivity contribution in [3.05, 3.63) is 39.9 Å². The molecule has 1 amide bonds. The van der Waals surface area contributed by atoms with E-state index in [9.17, 15) is 9.59 Å². The van der Waals surface area contributed by atoms with Crippen molar-refractivity contribution in [2.45, 2.75) is 34.6 Å². The van der Waals surface area contributed by atoms with Gasteiger partial charge in [0, 0.05) is 25.7 Å². The van der Waals surface area contributed by atoms with E-state index in [0.29, 0.717) is 36.1 Å². The molecule has 2 aromatic rings. The Labute approximate surface area is 160 Å². The van der Waals surface area contributed by atoms with Gasteiger partial charge in [-0.05, 0) is 32.0 Å². The number of nitrogens with zero attached hydrogens (tertiary/aromatic N) is 5. The first-order valence-corrected chi connectivity index (χ1v) is 9.49. The molecule has 0 saturated heterocycles. The molecule has 8 nitrogen and oxygen atoms in total. The molecular formula is C19H30N6O2. The second kappa shape index (κ2) is 9.45. The fourth-order valence-corrected chi connectivity index (χ4v) is 2.99. The normalized spacial score (nSPS) is 11.4. The smallest absolute Gasteiger partial charge is 0.264 e. The Morgan fingerprint density at radius 3 is 2.48 bits per heavy atom. The van der Waals surface area contributed by atoms with Crippen LogP contribution >= 0.6 is 0 Å². The van der Waals surface area contributed by atoms with Crippen LogP contribution in [0.15, 0.2) is 23.1 Å². The van der Waals surface area contributed by atoms with Crippen LogP contribution < -0.4 is 5.56 Å². The third-order valence-electron chi connectivity index (χ3n) is 4.57. The molecule has 2 rings (SSSR count). The summed E-state index contributed by atoms with van der Waals surface area (Å²) in [5.41, 5.74) is 0.985. The van der Waals surface area contributed by atoms with Gasteiger partial charge in [0.15, 0.2) is 5.82 Å². The average molecular weight is 374 g/mol. The van der Waals surface area contributed by atoms with E-state index in [1.807, 2.05) is 11.8 Å². The van der Waals surface area contributed by atoms with Gasteiger partial charge in [-0.3, -0.25) is 9.59 Å². The fraction of sp³-hybridized carbons (Fsp3) is 0.579. The van der Waals surface area contributed by atoms with Gasteiger partial charge in [-0.15, -0.1) is 0 Å². The molecule has 8 heteroatoms. The van der Waals surface area contributed by atoms with Crippen molar-refractivity contribution in [3.8, 4) is 5.82 Å². The van der Waals surface area contributed by atoms with E-state index in [4.69, 9.17) is 0 Å². The zero-order valence-corrected chi connectivity index (χ0v) is 16.9. The number of likely N-dealkylation sites (N-methyl/N-ethyl adjacent to an activating group) is 1. The molecule has 0 fully saturated rings. The summed E-state index contributed by atoms with van der Waals surface area (Å²) in [6.07, 6.45) is 1.58. The second-order valence-corrected chi connectivity index (χ2v) is 7.01. The van der Waals surface area contributed by atoms with Gasteiger partial charge in [0.25, 0.3) is 11.5 Å². The van der Waals surface area contributed by atoms with Gasteiger partial charge in [0.1, 0.15) is 0 Å². The van der Waals surface area contributed by atoms with Crippen LogP contribution in [0, 0.1) is 12.8 Å². The molecule has 0 spiro atoms. The predicted octanol–water partition coefficient (Wildman–Crippen LogP) is 1.70. The van der Waals surface area contributed by atoms with Gasteiger partial charge in [-0.1, -0.05) is 27.7 Å². The lowest BCUT2D eigenvalue weighted by Crippen LogP contribution is -2.40. The lowest BCUT2D eigenvalue weighted by molar-refractivity contribution is 0.0715.